The summed E-state index contributed by atoms with van der Waals surface area (Å²) in [4.78, 5) is 12.8. The van der Waals surface area contributed by atoms with Crippen molar-refractivity contribution in [2.75, 3.05) is 5.73 Å². The number of benzene rings is 1. The first-order valence-corrected chi connectivity index (χ1v) is 6.68. The number of nitrogens with one attached hydrogen (secondary N) is 1. The van der Waals surface area contributed by atoms with Crippen LogP contribution in [0.25, 0.3) is 0 Å². The van der Waals surface area contributed by atoms with E-state index in [9.17, 15) is 4.79 Å². The Morgan fingerprint density at radius 2 is 2.17 bits per heavy atom. The summed E-state index contributed by atoms with van der Waals surface area (Å²) in [5.74, 6) is -0.0230. The molecule has 0 spiro atoms. The number of rotatable bonds is 4. The molecule has 2 aromatic rings. The van der Waals surface area contributed by atoms with E-state index in [1.165, 1.54) is 11.3 Å². The zero-order chi connectivity index (χ0) is 13.0. The molecule has 0 bridgehead atoms. The molecule has 0 aliphatic heterocycles. The molecule has 94 valence electrons. The number of hydrogen-bond donors (Lipinski definition) is 2. The minimum atomic E-state index is -0.0230. The molecule has 2 rings (SSSR count). The topological polar surface area (TPSA) is 55.1 Å². The maximum atomic E-state index is 11.7. The van der Waals surface area contributed by atoms with Gasteiger partial charge in [-0.05, 0) is 29.8 Å². The average Bonchev–Trinajstić information content (AvgIpc) is 2.73. The van der Waals surface area contributed by atoms with Crippen molar-refractivity contribution in [2.24, 2.45) is 0 Å². The van der Waals surface area contributed by atoms with Crippen LogP contribution in [0.3, 0.4) is 0 Å². The summed E-state index contributed by atoms with van der Waals surface area (Å²) in [6.45, 7) is 0.512. The Kier molecular flexibility index (Phi) is 4.23. The third-order valence-electron chi connectivity index (χ3n) is 2.40. The number of hydrogen-bond acceptors (Lipinski definition) is 3. The highest BCUT2D eigenvalue weighted by Gasteiger charge is 2.04. The molecule has 0 saturated carbocycles. The van der Waals surface area contributed by atoms with Gasteiger partial charge in [0.1, 0.15) is 0 Å². The second-order valence-corrected chi connectivity index (χ2v) is 5.70. The molecule has 1 aromatic carbocycles. The number of halogens is 1. The van der Waals surface area contributed by atoms with Gasteiger partial charge in [0, 0.05) is 10.6 Å². The smallest absolute Gasteiger partial charge is 0.224 e. The standard InChI is InChI=1S/C13H13ClN2OS/c14-12-5-4-11(18-12)8-16-13(17)7-9-2-1-3-10(15)6-9/h1-6H,7-8,15H2,(H,16,17). The third kappa shape index (κ3) is 3.75. The molecule has 0 aliphatic rings. The van der Waals surface area contributed by atoms with Gasteiger partial charge < -0.3 is 11.1 Å². The van der Waals surface area contributed by atoms with Crippen LogP contribution in [0.15, 0.2) is 36.4 Å². The number of nitrogen functional groups attached to an aromatic ring is 1. The Morgan fingerprint density at radius 1 is 1.33 bits per heavy atom. The Bertz CT molecular complexity index is 553. The molecule has 1 amide bonds. The van der Waals surface area contributed by atoms with Gasteiger partial charge in [-0.15, -0.1) is 11.3 Å². The first-order valence-electron chi connectivity index (χ1n) is 5.49. The molecule has 5 heteroatoms. The summed E-state index contributed by atoms with van der Waals surface area (Å²) in [5.41, 5.74) is 7.24. The summed E-state index contributed by atoms with van der Waals surface area (Å²) in [7, 11) is 0. The van der Waals surface area contributed by atoms with Gasteiger partial charge in [-0.2, -0.15) is 0 Å². The van der Waals surface area contributed by atoms with E-state index in [2.05, 4.69) is 5.32 Å². The zero-order valence-electron chi connectivity index (χ0n) is 9.65. The van der Waals surface area contributed by atoms with Crippen LogP contribution in [0.4, 0.5) is 5.69 Å². The molecule has 0 radical (unpaired) electrons. The van der Waals surface area contributed by atoms with Crippen LogP contribution in [0.5, 0.6) is 0 Å². The summed E-state index contributed by atoms with van der Waals surface area (Å²) in [5, 5.41) is 2.85. The molecule has 18 heavy (non-hydrogen) atoms. The molecule has 0 saturated heterocycles. The van der Waals surface area contributed by atoms with E-state index in [4.69, 9.17) is 17.3 Å². The molecule has 0 unspecified atom stereocenters. The largest absolute Gasteiger partial charge is 0.399 e. The second-order valence-electron chi connectivity index (χ2n) is 3.90. The van der Waals surface area contributed by atoms with Crippen molar-refractivity contribution in [3.05, 3.63) is 51.2 Å². The minimum absolute atomic E-state index is 0.0230. The van der Waals surface area contributed by atoms with Gasteiger partial charge in [0.25, 0.3) is 0 Å². The second kappa shape index (κ2) is 5.89. The monoisotopic (exact) mass is 280 g/mol. The van der Waals surface area contributed by atoms with Crippen molar-refractivity contribution >= 4 is 34.5 Å². The Hall–Kier alpha value is -1.52. The SMILES string of the molecule is Nc1cccc(CC(=O)NCc2ccc(Cl)s2)c1. The van der Waals surface area contributed by atoms with E-state index in [1.54, 1.807) is 6.07 Å². The predicted molar refractivity (Wildman–Crippen MR) is 75.7 cm³/mol. The van der Waals surface area contributed by atoms with Crippen LogP contribution >= 0.6 is 22.9 Å². The number of nitrogens with two attached hydrogens (primary N) is 1. The Labute approximate surface area is 115 Å². The highest BCUT2D eigenvalue weighted by molar-refractivity contribution is 7.16. The first kappa shape index (κ1) is 12.9. The van der Waals surface area contributed by atoms with Crippen molar-refractivity contribution in [3.63, 3.8) is 0 Å². The number of carbonyl (C=O) groups is 1. The number of carbonyl (C=O) groups excluding carboxylic acids is 1. The zero-order valence-corrected chi connectivity index (χ0v) is 11.2. The summed E-state index contributed by atoms with van der Waals surface area (Å²) in [6, 6.07) is 11.1. The lowest BCUT2D eigenvalue weighted by atomic mass is 10.1. The predicted octanol–water partition coefficient (Wildman–Crippen LogP) is 2.84. The highest BCUT2D eigenvalue weighted by Crippen LogP contribution is 2.21. The van der Waals surface area contributed by atoms with Crippen molar-refractivity contribution in [1.29, 1.82) is 0 Å². The minimum Gasteiger partial charge on any atom is -0.399 e. The molecule has 3 N–H and O–H groups in total. The van der Waals surface area contributed by atoms with Crippen LogP contribution in [0, 0.1) is 0 Å². The van der Waals surface area contributed by atoms with Gasteiger partial charge in [-0.3, -0.25) is 4.79 Å². The summed E-state index contributed by atoms with van der Waals surface area (Å²) < 4.78 is 0.732. The van der Waals surface area contributed by atoms with E-state index < -0.39 is 0 Å². The Balaban J connectivity index is 1.85. The van der Waals surface area contributed by atoms with Crippen molar-refractivity contribution in [2.45, 2.75) is 13.0 Å². The lowest BCUT2D eigenvalue weighted by molar-refractivity contribution is -0.120. The van der Waals surface area contributed by atoms with Gasteiger partial charge in [0.15, 0.2) is 0 Å². The van der Waals surface area contributed by atoms with Crippen LogP contribution in [-0.2, 0) is 17.8 Å². The number of thiophene rings is 1. The van der Waals surface area contributed by atoms with E-state index in [0.717, 1.165) is 14.8 Å². The van der Waals surface area contributed by atoms with Gasteiger partial charge in [-0.1, -0.05) is 23.7 Å². The quantitative estimate of drug-likeness (QED) is 0.846. The average molecular weight is 281 g/mol. The molecular weight excluding hydrogens is 268 g/mol. The van der Waals surface area contributed by atoms with Crippen LogP contribution in [0.1, 0.15) is 10.4 Å². The molecule has 1 heterocycles. The number of amides is 1. The molecular formula is C13H13ClN2OS. The third-order valence-corrected chi connectivity index (χ3v) is 3.64. The van der Waals surface area contributed by atoms with Gasteiger partial charge in [-0.25, -0.2) is 0 Å². The molecule has 0 atom stereocenters. The normalized spacial score (nSPS) is 10.3. The summed E-state index contributed by atoms with van der Waals surface area (Å²) in [6.07, 6.45) is 0.337. The Morgan fingerprint density at radius 3 is 2.83 bits per heavy atom. The van der Waals surface area contributed by atoms with Crippen molar-refractivity contribution in [3.8, 4) is 0 Å². The molecule has 3 nitrogen and oxygen atoms in total. The fraction of sp³-hybridized carbons (Fsp3) is 0.154. The van der Waals surface area contributed by atoms with Crippen LogP contribution in [0.2, 0.25) is 4.34 Å². The maximum Gasteiger partial charge on any atom is 0.224 e. The van der Waals surface area contributed by atoms with Crippen LogP contribution < -0.4 is 11.1 Å². The molecule has 1 aromatic heterocycles. The lowest BCUT2D eigenvalue weighted by Gasteiger charge is -2.04. The van der Waals surface area contributed by atoms with Gasteiger partial charge >= 0.3 is 0 Å². The fourth-order valence-electron chi connectivity index (χ4n) is 1.58. The summed E-state index contributed by atoms with van der Waals surface area (Å²) >= 11 is 7.28. The highest BCUT2D eigenvalue weighted by atomic mass is 35.5. The van der Waals surface area contributed by atoms with E-state index in [-0.39, 0.29) is 5.91 Å². The van der Waals surface area contributed by atoms with Crippen molar-refractivity contribution < 1.29 is 4.79 Å². The maximum absolute atomic E-state index is 11.7. The van der Waals surface area contributed by atoms with Gasteiger partial charge in [0.05, 0.1) is 17.3 Å². The molecule has 0 fully saturated rings. The fourth-order valence-corrected chi connectivity index (χ4v) is 2.61. The van der Waals surface area contributed by atoms with E-state index >= 15 is 0 Å². The lowest BCUT2D eigenvalue weighted by Crippen LogP contribution is -2.24. The van der Waals surface area contributed by atoms with E-state index in [0.29, 0.717) is 18.7 Å². The van der Waals surface area contributed by atoms with Crippen molar-refractivity contribution in [1.82, 2.24) is 5.32 Å². The molecule has 0 aliphatic carbocycles. The number of anilines is 1. The first-order chi connectivity index (χ1) is 8.63. The van der Waals surface area contributed by atoms with Crippen LogP contribution in [-0.4, -0.2) is 5.91 Å². The van der Waals surface area contributed by atoms with E-state index in [1.807, 2.05) is 30.3 Å². The van der Waals surface area contributed by atoms with Gasteiger partial charge in [0.2, 0.25) is 5.91 Å².